The standard InChI is InChI=1S/2C3H10N2.Cu.H2O4S/c2*1-3(5)2-4;;1-5(2,3)4/h2*3H,2,4-5H2,1H3;;(H2,1,2,3,4)/q;;+2;/p-2. The third-order valence-corrected chi connectivity index (χ3v) is 0.744. The van der Waals surface area contributed by atoms with Crippen molar-refractivity contribution in [1.82, 2.24) is 0 Å². The molecule has 0 spiro atoms. The van der Waals surface area contributed by atoms with Gasteiger partial charge in [-0.15, -0.1) is 0 Å². The quantitative estimate of drug-likeness (QED) is 0.240. The zero-order chi connectivity index (χ0) is 13.1. The van der Waals surface area contributed by atoms with Gasteiger partial charge in [-0.2, -0.15) is 0 Å². The normalized spacial score (nSPS) is 13.0. The van der Waals surface area contributed by atoms with Crippen molar-refractivity contribution in [2.45, 2.75) is 25.9 Å². The molecule has 0 fully saturated rings. The van der Waals surface area contributed by atoms with Crippen molar-refractivity contribution in [2.24, 2.45) is 22.9 Å². The summed E-state index contributed by atoms with van der Waals surface area (Å²) < 4.78 is 34.1. The molecule has 0 rings (SSSR count). The van der Waals surface area contributed by atoms with Gasteiger partial charge in [0.15, 0.2) is 0 Å². The summed E-state index contributed by atoms with van der Waals surface area (Å²) in [7, 11) is -5.17. The van der Waals surface area contributed by atoms with Crippen LogP contribution < -0.4 is 22.9 Å². The summed E-state index contributed by atoms with van der Waals surface area (Å²) in [6, 6.07) is 0.324. The van der Waals surface area contributed by atoms with Crippen LogP contribution in [0.3, 0.4) is 0 Å². The van der Waals surface area contributed by atoms with Gasteiger partial charge in [-0.05, 0) is 13.8 Å². The maximum absolute atomic E-state index is 8.52. The smallest absolute Gasteiger partial charge is 0.759 e. The SMILES string of the molecule is CC(N)CN.CC(N)CN.O=S(=O)([O-])[O-].[Cu+2]. The van der Waals surface area contributed by atoms with Gasteiger partial charge >= 0.3 is 17.1 Å². The zero-order valence-corrected chi connectivity index (χ0v) is 11.0. The van der Waals surface area contributed by atoms with Crippen LogP contribution in [0.4, 0.5) is 0 Å². The van der Waals surface area contributed by atoms with Gasteiger partial charge in [0, 0.05) is 35.6 Å². The molecule has 0 aliphatic heterocycles. The number of rotatable bonds is 2. The summed E-state index contributed by atoms with van der Waals surface area (Å²) in [4.78, 5) is 0. The van der Waals surface area contributed by atoms with Crippen LogP contribution in [0.2, 0.25) is 0 Å². The van der Waals surface area contributed by atoms with E-state index in [1.807, 2.05) is 13.8 Å². The fourth-order valence-corrected chi connectivity index (χ4v) is 0. The summed E-state index contributed by atoms with van der Waals surface area (Å²) in [5.41, 5.74) is 20.4. The molecule has 0 aliphatic rings. The van der Waals surface area contributed by atoms with Crippen LogP contribution in [0.15, 0.2) is 0 Å². The van der Waals surface area contributed by atoms with Crippen LogP contribution in [-0.4, -0.2) is 42.7 Å². The van der Waals surface area contributed by atoms with E-state index in [1.165, 1.54) is 0 Å². The van der Waals surface area contributed by atoms with Gasteiger partial charge in [0.05, 0.1) is 0 Å². The molecule has 10 heteroatoms. The molecule has 8 N–H and O–H groups in total. The maximum Gasteiger partial charge on any atom is 2.00 e. The second-order valence-corrected chi connectivity index (χ2v) is 3.65. The molecule has 0 aromatic heterocycles. The van der Waals surface area contributed by atoms with E-state index in [9.17, 15) is 0 Å². The van der Waals surface area contributed by atoms with Crippen molar-refractivity contribution in [1.29, 1.82) is 0 Å². The van der Waals surface area contributed by atoms with Crippen molar-refractivity contribution >= 4 is 10.4 Å². The molecule has 16 heavy (non-hydrogen) atoms. The van der Waals surface area contributed by atoms with E-state index in [0.717, 1.165) is 0 Å². The van der Waals surface area contributed by atoms with Crippen LogP contribution >= 0.6 is 0 Å². The van der Waals surface area contributed by atoms with E-state index in [-0.39, 0.29) is 29.2 Å². The van der Waals surface area contributed by atoms with Crippen molar-refractivity contribution in [3.05, 3.63) is 0 Å². The Hall–Kier alpha value is 0.229. The summed E-state index contributed by atoms with van der Waals surface area (Å²) in [5.74, 6) is 0. The molecule has 2 atom stereocenters. The summed E-state index contributed by atoms with van der Waals surface area (Å²) in [6.07, 6.45) is 0. The third-order valence-electron chi connectivity index (χ3n) is 0.744. The minimum absolute atomic E-state index is 0. The van der Waals surface area contributed by atoms with Gasteiger partial charge in [-0.3, -0.25) is 8.42 Å². The summed E-state index contributed by atoms with van der Waals surface area (Å²) >= 11 is 0. The van der Waals surface area contributed by atoms with Gasteiger partial charge in [0.25, 0.3) is 0 Å². The van der Waals surface area contributed by atoms with Crippen molar-refractivity contribution in [2.75, 3.05) is 13.1 Å². The molecule has 0 heterocycles. The molecular weight excluding hydrogens is 288 g/mol. The molecule has 0 bridgehead atoms. The Kier molecular flexibility index (Phi) is 24.0. The van der Waals surface area contributed by atoms with Crippen LogP contribution in [-0.2, 0) is 27.5 Å². The molecule has 1 radical (unpaired) electrons. The molecule has 2 unspecified atom stereocenters. The first-order chi connectivity index (χ1) is 6.54. The Labute approximate surface area is 107 Å². The Morgan fingerprint density at radius 1 is 1.00 bits per heavy atom. The van der Waals surface area contributed by atoms with Crippen LogP contribution in [0.1, 0.15) is 13.8 Å². The fraction of sp³-hybridized carbons (Fsp3) is 1.00. The van der Waals surface area contributed by atoms with Gasteiger partial charge in [0.1, 0.15) is 0 Å². The molecule has 0 saturated carbocycles. The molecule has 0 aromatic rings. The molecule has 0 aromatic carbocycles. The maximum atomic E-state index is 8.52. The van der Waals surface area contributed by atoms with E-state index in [2.05, 4.69) is 0 Å². The minimum atomic E-state index is -5.17. The minimum Gasteiger partial charge on any atom is -0.759 e. The van der Waals surface area contributed by atoms with E-state index in [1.54, 1.807) is 0 Å². The second kappa shape index (κ2) is 15.2. The Bertz CT molecular complexity index is 195. The van der Waals surface area contributed by atoms with Crippen LogP contribution in [0, 0.1) is 0 Å². The predicted molar refractivity (Wildman–Crippen MR) is 55.9 cm³/mol. The molecule has 0 amide bonds. The monoisotopic (exact) mass is 307 g/mol. The Balaban J connectivity index is -0.0000000655. The first kappa shape index (κ1) is 25.2. The predicted octanol–water partition coefficient (Wildman–Crippen LogP) is -2.76. The van der Waals surface area contributed by atoms with Crippen molar-refractivity contribution in [3.8, 4) is 0 Å². The molecule has 0 saturated heterocycles. The fourth-order valence-electron chi connectivity index (χ4n) is 0. The van der Waals surface area contributed by atoms with E-state index >= 15 is 0 Å². The van der Waals surface area contributed by atoms with Crippen molar-refractivity contribution in [3.63, 3.8) is 0 Å². The van der Waals surface area contributed by atoms with Crippen LogP contribution in [0.5, 0.6) is 0 Å². The third kappa shape index (κ3) is 139. The average Bonchev–Trinajstić information content (AvgIpc) is 2.02. The topological polar surface area (TPSA) is 184 Å². The number of nitrogens with two attached hydrogens (primary N) is 4. The van der Waals surface area contributed by atoms with Crippen LogP contribution in [0.25, 0.3) is 0 Å². The Morgan fingerprint density at radius 3 is 1.06 bits per heavy atom. The average molecular weight is 308 g/mol. The first-order valence-electron chi connectivity index (χ1n) is 4.12. The number of hydrogen-bond acceptors (Lipinski definition) is 8. The van der Waals surface area contributed by atoms with Gasteiger partial charge in [-0.1, -0.05) is 0 Å². The number of hydrogen-bond donors (Lipinski definition) is 4. The van der Waals surface area contributed by atoms with Gasteiger partial charge < -0.3 is 32.0 Å². The summed E-state index contributed by atoms with van der Waals surface area (Å²) in [5, 5.41) is 0. The van der Waals surface area contributed by atoms with E-state index in [0.29, 0.717) is 13.1 Å². The largest absolute Gasteiger partial charge is 2.00 e. The zero-order valence-electron chi connectivity index (χ0n) is 9.22. The molecular formula is C6H20CuN4O4S. The second-order valence-electron chi connectivity index (χ2n) is 2.83. The first-order valence-corrected chi connectivity index (χ1v) is 5.45. The molecule has 105 valence electrons. The van der Waals surface area contributed by atoms with E-state index in [4.69, 9.17) is 40.5 Å². The Morgan fingerprint density at radius 2 is 1.06 bits per heavy atom. The van der Waals surface area contributed by atoms with Crippen molar-refractivity contribution < 1.29 is 34.6 Å². The summed E-state index contributed by atoms with van der Waals surface area (Å²) in [6.45, 7) is 4.92. The molecule has 8 nitrogen and oxygen atoms in total. The van der Waals surface area contributed by atoms with Gasteiger partial charge in [-0.25, -0.2) is 0 Å². The molecule has 0 aliphatic carbocycles. The van der Waals surface area contributed by atoms with Gasteiger partial charge in [0.2, 0.25) is 0 Å². The van der Waals surface area contributed by atoms with E-state index < -0.39 is 10.4 Å².